The van der Waals surface area contributed by atoms with E-state index in [-0.39, 0.29) is 0 Å². The molecule has 1 atom stereocenters. The van der Waals surface area contributed by atoms with Crippen molar-refractivity contribution in [3.05, 3.63) is 0 Å². The first-order valence-corrected chi connectivity index (χ1v) is 7.96. The largest absolute Gasteiger partial charge is 0.489 e. The van der Waals surface area contributed by atoms with Gasteiger partial charge in [0.05, 0.1) is 0 Å². The second-order valence-electron chi connectivity index (χ2n) is 2.47. The van der Waals surface area contributed by atoms with Crippen molar-refractivity contribution in [3.63, 3.8) is 0 Å². The zero-order valence-corrected chi connectivity index (χ0v) is 10.1. The van der Waals surface area contributed by atoms with Gasteiger partial charge in [0, 0.05) is 34.4 Å². The molecule has 0 amide bonds. The maximum Gasteiger partial charge on any atom is 0.489 e. The van der Waals surface area contributed by atoms with E-state index in [1.54, 1.807) is 6.55 Å². The van der Waals surface area contributed by atoms with E-state index >= 15 is 0 Å². The summed E-state index contributed by atoms with van der Waals surface area (Å²) in [5.74, 6) is 0. The molecule has 0 aliphatic rings. The zero-order valence-electron chi connectivity index (χ0n) is 8.08. The van der Waals surface area contributed by atoms with Gasteiger partial charge in [-0.1, -0.05) is 0 Å². The summed E-state index contributed by atoms with van der Waals surface area (Å²) in [5, 5.41) is 0. The van der Waals surface area contributed by atoms with Gasteiger partial charge in [0.25, 0.3) is 0 Å². The average Bonchev–Trinajstić information content (AvgIpc) is 2.04. The van der Waals surface area contributed by atoms with Crippen LogP contribution in [0.1, 0.15) is 0 Å². The first-order chi connectivity index (χ1) is 5.39. The molecule has 0 fully saturated rings. The van der Waals surface area contributed by atoms with Crippen LogP contribution in [0.5, 0.6) is 0 Å². The highest BCUT2D eigenvalue weighted by Gasteiger charge is 2.43. The minimum absolute atomic E-state index is 1.40. The molecule has 0 aromatic rings. The van der Waals surface area contributed by atoms with Gasteiger partial charge in [-0.25, -0.2) is 0 Å². The van der Waals surface area contributed by atoms with Crippen LogP contribution in [-0.2, 0) is 17.4 Å². The highest BCUT2D eigenvalue weighted by molar-refractivity contribution is 6.72. The van der Waals surface area contributed by atoms with Crippen molar-refractivity contribution in [1.82, 2.24) is 0 Å². The second-order valence-corrected chi connectivity index (χ2v) is 8.04. The van der Waals surface area contributed by atoms with Gasteiger partial charge in [-0.05, 0) is 0 Å². The third kappa shape index (κ3) is 3.76. The van der Waals surface area contributed by atoms with Crippen LogP contribution in [-0.4, -0.2) is 43.7 Å². The molecular weight excluding hydrogens is 196 g/mol. The normalized spacial score (nSPS) is 17.5. The van der Waals surface area contributed by atoms with Gasteiger partial charge in [-0.2, -0.15) is 0 Å². The lowest BCUT2D eigenvalue weighted by molar-refractivity contribution is 0.110. The molecule has 0 rings (SSSR count). The fraction of sp³-hybridized carbons (Fsp3) is 1.00. The van der Waals surface area contributed by atoms with Gasteiger partial charge in [-0.15, -0.1) is 0 Å². The molecule has 0 aromatic heterocycles. The van der Waals surface area contributed by atoms with Crippen LogP contribution in [0.25, 0.3) is 0 Å². The molecule has 0 aromatic carbocycles. The van der Waals surface area contributed by atoms with Crippen molar-refractivity contribution in [2.24, 2.45) is 0 Å². The van der Waals surface area contributed by atoms with E-state index in [0.717, 1.165) is 0 Å². The van der Waals surface area contributed by atoms with Crippen LogP contribution in [0.2, 0.25) is 13.1 Å². The van der Waals surface area contributed by atoms with Gasteiger partial charge >= 0.3 is 17.6 Å². The standard InChI is InChI=1S/C5H16O5Si2/c1-7-11(4,6)10-12(5,8-2)9-3/h6H,1-5H3. The highest BCUT2D eigenvalue weighted by Crippen LogP contribution is 2.13. The van der Waals surface area contributed by atoms with Gasteiger partial charge in [-0.3, -0.25) is 0 Å². The lowest BCUT2D eigenvalue weighted by atomic mass is 11.8. The van der Waals surface area contributed by atoms with E-state index in [1.165, 1.54) is 27.9 Å². The maximum atomic E-state index is 9.49. The summed E-state index contributed by atoms with van der Waals surface area (Å²) in [4.78, 5) is 9.49. The molecule has 7 heteroatoms. The predicted molar refractivity (Wildman–Crippen MR) is 47.6 cm³/mol. The highest BCUT2D eigenvalue weighted by atomic mass is 28.5. The summed E-state index contributed by atoms with van der Waals surface area (Å²) in [7, 11) is -1.35. The molecular formula is C5H16O5Si2. The Labute approximate surface area is 74.9 Å². The fourth-order valence-corrected chi connectivity index (χ4v) is 4.47. The van der Waals surface area contributed by atoms with Crippen molar-refractivity contribution in [2.75, 3.05) is 21.3 Å². The van der Waals surface area contributed by atoms with Crippen molar-refractivity contribution in [3.8, 4) is 0 Å². The third-order valence-electron chi connectivity index (χ3n) is 1.50. The molecule has 0 spiro atoms. The Bertz CT molecular complexity index is 136. The van der Waals surface area contributed by atoms with E-state index in [2.05, 4.69) is 0 Å². The Morgan fingerprint density at radius 1 is 0.917 bits per heavy atom. The minimum Gasteiger partial charge on any atom is -0.390 e. The van der Waals surface area contributed by atoms with E-state index in [1.807, 2.05) is 0 Å². The Hall–Kier alpha value is 0.234. The van der Waals surface area contributed by atoms with Crippen LogP contribution < -0.4 is 0 Å². The summed E-state index contributed by atoms with van der Waals surface area (Å²) in [6, 6.07) is 0. The molecule has 0 aliphatic heterocycles. The summed E-state index contributed by atoms with van der Waals surface area (Å²) >= 11 is 0. The lowest BCUT2D eigenvalue weighted by Gasteiger charge is -2.28. The SMILES string of the molecule is CO[Si](C)(O)O[Si](C)(OC)OC. The molecule has 1 N–H and O–H groups in total. The molecule has 74 valence electrons. The summed E-state index contributed by atoms with van der Waals surface area (Å²) in [6.07, 6.45) is 0. The molecule has 1 unspecified atom stereocenters. The monoisotopic (exact) mass is 212 g/mol. The second kappa shape index (κ2) is 4.46. The average molecular weight is 212 g/mol. The summed E-state index contributed by atoms with van der Waals surface area (Å²) < 4.78 is 20.1. The van der Waals surface area contributed by atoms with Crippen molar-refractivity contribution >= 4 is 17.6 Å². The van der Waals surface area contributed by atoms with Crippen LogP contribution >= 0.6 is 0 Å². The molecule has 0 saturated carbocycles. The summed E-state index contributed by atoms with van der Waals surface area (Å²) in [5.41, 5.74) is 0. The topological polar surface area (TPSA) is 57.2 Å². The Balaban J connectivity index is 4.20. The Morgan fingerprint density at radius 2 is 1.33 bits per heavy atom. The van der Waals surface area contributed by atoms with Crippen LogP contribution in [0.15, 0.2) is 0 Å². The van der Waals surface area contributed by atoms with Gasteiger partial charge < -0.3 is 22.2 Å². The van der Waals surface area contributed by atoms with Crippen LogP contribution in [0.4, 0.5) is 0 Å². The molecule has 12 heavy (non-hydrogen) atoms. The van der Waals surface area contributed by atoms with Crippen molar-refractivity contribution in [2.45, 2.75) is 13.1 Å². The Kier molecular flexibility index (Phi) is 4.55. The number of hydrogen-bond acceptors (Lipinski definition) is 5. The smallest absolute Gasteiger partial charge is 0.390 e. The minimum atomic E-state index is -3.04. The van der Waals surface area contributed by atoms with Crippen molar-refractivity contribution in [1.29, 1.82) is 0 Å². The fourth-order valence-electron chi connectivity index (χ4n) is 0.552. The zero-order chi connectivity index (χ0) is 9.83. The number of hydrogen-bond donors (Lipinski definition) is 1. The van der Waals surface area contributed by atoms with E-state index in [4.69, 9.17) is 17.4 Å². The first-order valence-electron chi connectivity index (χ1n) is 3.47. The van der Waals surface area contributed by atoms with E-state index in [9.17, 15) is 4.80 Å². The third-order valence-corrected chi connectivity index (χ3v) is 6.73. The quantitative estimate of drug-likeness (QED) is 0.654. The lowest BCUT2D eigenvalue weighted by Crippen LogP contribution is -2.52. The Morgan fingerprint density at radius 3 is 1.58 bits per heavy atom. The molecule has 0 saturated heterocycles. The van der Waals surface area contributed by atoms with Crippen molar-refractivity contribution < 1.29 is 22.2 Å². The predicted octanol–water partition coefficient (Wildman–Crippen LogP) is 0.0719. The van der Waals surface area contributed by atoms with Crippen LogP contribution in [0, 0.1) is 0 Å². The molecule has 0 bridgehead atoms. The molecule has 0 heterocycles. The van der Waals surface area contributed by atoms with E-state index in [0.29, 0.717) is 0 Å². The van der Waals surface area contributed by atoms with Gasteiger partial charge in [0.15, 0.2) is 0 Å². The molecule has 0 radical (unpaired) electrons. The number of rotatable bonds is 5. The van der Waals surface area contributed by atoms with E-state index < -0.39 is 17.6 Å². The van der Waals surface area contributed by atoms with Crippen LogP contribution in [0.3, 0.4) is 0 Å². The van der Waals surface area contributed by atoms with Gasteiger partial charge in [0.1, 0.15) is 0 Å². The molecule has 5 nitrogen and oxygen atoms in total. The molecule has 0 aliphatic carbocycles. The summed E-state index contributed by atoms with van der Waals surface area (Å²) in [6.45, 7) is 3.20. The first kappa shape index (κ1) is 12.2. The maximum absolute atomic E-state index is 9.49. The van der Waals surface area contributed by atoms with Gasteiger partial charge in [0.2, 0.25) is 0 Å².